The van der Waals surface area contributed by atoms with Crippen molar-refractivity contribution in [1.82, 2.24) is 19.5 Å². The van der Waals surface area contributed by atoms with E-state index in [1.54, 1.807) is 6.07 Å². The first-order valence-corrected chi connectivity index (χ1v) is 8.03. The van der Waals surface area contributed by atoms with Crippen molar-refractivity contribution in [2.75, 3.05) is 11.1 Å². The summed E-state index contributed by atoms with van der Waals surface area (Å²) in [6, 6.07) is 6.72. The van der Waals surface area contributed by atoms with Crippen molar-refractivity contribution < 1.29 is 4.39 Å². The summed E-state index contributed by atoms with van der Waals surface area (Å²) in [5.74, 6) is 0.994. The molecule has 1 fully saturated rings. The average molecular weight is 337 g/mol. The second-order valence-electron chi connectivity index (χ2n) is 6.16. The van der Waals surface area contributed by atoms with Crippen molar-refractivity contribution in [3.8, 4) is 6.07 Å². The Bertz CT molecular complexity index is 1000. The monoisotopic (exact) mass is 337 g/mol. The number of nitrogens with two attached hydrogens (primary N) is 1. The molecular formula is C17H16FN7. The lowest BCUT2D eigenvalue weighted by molar-refractivity contribution is 0.625. The van der Waals surface area contributed by atoms with Gasteiger partial charge >= 0.3 is 0 Å². The van der Waals surface area contributed by atoms with E-state index < -0.39 is 0 Å². The number of nitrogens with one attached hydrogen (secondary N) is 1. The molecule has 0 aliphatic heterocycles. The molecule has 1 aliphatic rings. The zero-order chi connectivity index (χ0) is 17.6. The van der Waals surface area contributed by atoms with Crippen LogP contribution in [0.2, 0.25) is 0 Å². The highest BCUT2D eigenvalue weighted by molar-refractivity contribution is 5.77. The fourth-order valence-electron chi connectivity index (χ4n) is 3.00. The summed E-state index contributed by atoms with van der Waals surface area (Å²) >= 11 is 0. The highest BCUT2D eigenvalue weighted by atomic mass is 19.1. The van der Waals surface area contributed by atoms with Crippen LogP contribution < -0.4 is 11.1 Å². The van der Waals surface area contributed by atoms with Gasteiger partial charge in [0.2, 0.25) is 0 Å². The van der Waals surface area contributed by atoms with Crippen LogP contribution in [0, 0.1) is 17.1 Å². The number of hydrogen-bond acceptors (Lipinski definition) is 6. The first-order valence-electron chi connectivity index (χ1n) is 8.03. The number of hydrogen-bond donors (Lipinski definition) is 2. The number of nitriles is 1. The average Bonchev–Trinajstić information content (AvgIpc) is 3.35. The fourth-order valence-corrected chi connectivity index (χ4v) is 3.00. The first-order chi connectivity index (χ1) is 12.1. The van der Waals surface area contributed by atoms with Crippen molar-refractivity contribution in [3.05, 3.63) is 41.7 Å². The Morgan fingerprint density at radius 2 is 2.20 bits per heavy atom. The van der Waals surface area contributed by atoms with Gasteiger partial charge in [0.05, 0.1) is 17.1 Å². The van der Waals surface area contributed by atoms with Crippen LogP contribution in [0.1, 0.15) is 43.2 Å². The molecule has 1 aliphatic carbocycles. The van der Waals surface area contributed by atoms with Gasteiger partial charge in [-0.25, -0.2) is 19.3 Å². The van der Waals surface area contributed by atoms with E-state index in [4.69, 9.17) is 5.73 Å². The third-order valence-corrected chi connectivity index (χ3v) is 4.32. The van der Waals surface area contributed by atoms with E-state index in [1.165, 1.54) is 18.5 Å². The van der Waals surface area contributed by atoms with E-state index in [-0.39, 0.29) is 23.2 Å². The summed E-state index contributed by atoms with van der Waals surface area (Å²) in [6.07, 6.45) is 3.40. The highest BCUT2D eigenvalue weighted by Gasteiger charge is 2.30. The number of nitrogen functional groups attached to an aromatic ring is 1. The van der Waals surface area contributed by atoms with Crippen LogP contribution in [0.4, 0.5) is 16.0 Å². The molecule has 0 bridgehead atoms. The molecule has 7 nitrogen and oxygen atoms in total. The lowest BCUT2D eigenvalue weighted by atomic mass is 10.2. The molecule has 8 heteroatoms. The van der Waals surface area contributed by atoms with Crippen LogP contribution in [0.15, 0.2) is 24.5 Å². The molecule has 1 aromatic carbocycles. The van der Waals surface area contributed by atoms with E-state index in [1.807, 2.05) is 13.0 Å². The smallest absolute Gasteiger partial charge is 0.150 e. The molecular weight excluding hydrogens is 321 g/mol. The van der Waals surface area contributed by atoms with E-state index >= 15 is 0 Å². The number of halogens is 1. The Labute approximate surface area is 143 Å². The minimum absolute atomic E-state index is 0.130. The SMILES string of the molecule is CC(Nc1ncnc(N)c1C#N)c1nc2ccc(F)cc2n1C1CC1. The minimum Gasteiger partial charge on any atom is -0.382 e. The summed E-state index contributed by atoms with van der Waals surface area (Å²) < 4.78 is 15.8. The maximum Gasteiger partial charge on any atom is 0.150 e. The number of benzene rings is 1. The summed E-state index contributed by atoms with van der Waals surface area (Å²) in [4.78, 5) is 12.6. The van der Waals surface area contributed by atoms with Crippen LogP contribution in [0.5, 0.6) is 0 Å². The number of imidazole rings is 1. The van der Waals surface area contributed by atoms with Gasteiger partial charge in [-0.15, -0.1) is 0 Å². The molecule has 4 rings (SSSR count). The quantitative estimate of drug-likeness (QED) is 0.758. The molecule has 1 saturated carbocycles. The molecule has 3 aromatic rings. The Balaban J connectivity index is 1.76. The maximum atomic E-state index is 13.7. The normalized spacial score (nSPS) is 15.1. The zero-order valence-corrected chi connectivity index (χ0v) is 13.6. The standard InChI is InChI=1S/C17H16FN7/c1-9(23-16-12(7-19)15(20)21-8-22-16)17-24-13-5-2-10(18)6-14(13)25(17)11-3-4-11/h2,5-6,8-9,11H,3-4H2,1H3,(H3,20,21,22,23). The van der Waals surface area contributed by atoms with Gasteiger partial charge < -0.3 is 15.6 Å². The Morgan fingerprint density at radius 1 is 1.40 bits per heavy atom. The number of anilines is 2. The molecule has 3 N–H and O–H groups in total. The van der Waals surface area contributed by atoms with Crippen LogP contribution in [0.3, 0.4) is 0 Å². The summed E-state index contributed by atoms with van der Waals surface area (Å²) in [5.41, 5.74) is 7.48. The number of nitrogens with zero attached hydrogens (tertiary/aromatic N) is 5. The van der Waals surface area contributed by atoms with Gasteiger partial charge in [0, 0.05) is 6.04 Å². The molecule has 1 atom stereocenters. The van der Waals surface area contributed by atoms with Crippen molar-refractivity contribution in [3.63, 3.8) is 0 Å². The van der Waals surface area contributed by atoms with Crippen LogP contribution >= 0.6 is 0 Å². The van der Waals surface area contributed by atoms with E-state index in [0.29, 0.717) is 11.9 Å². The minimum atomic E-state index is -0.281. The number of fused-ring (bicyclic) bond motifs is 1. The van der Waals surface area contributed by atoms with Crippen LogP contribution in [-0.2, 0) is 0 Å². The second-order valence-corrected chi connectivity index (χ2v) is 6.16. The predicted molar refractivity (Wildman–Crippen MR) is 91.2 cm³/mol. The van der Waals surface area contributed by atoms with Crippen molar-refractivity contribution in [2.45, 2.75) is 31.8 Å². The molecule has 25 heavy (non-hydrogen) atoms. The Hall–Kier alpha value is -3.21. The summed E-state index contributed by atoms with van der Waals surface area (Å²) in [5, 5.41) is 12.5. The molecule has 0 amide bonds. The summed E-state index contributed by atoms with van der Waals surface area (Å²) in [7, 11) is 0. The Morgan fingerprint density at radius 3 is 2.92 bits per heavy atom. The van der Waals surface area contributed by atoms with Crippen molar-refractivity contribution in [2.24, 2.45) is 0 Å². The van der Waals surface area contributed by atoms with Gasteiger partial charge in [-0.1, -0.05) is 0 Å². The molecule has 1 unspecified atom stereocenters. The Kier molecular flexibility index (Phi) is 3.50. The third-order valence-electron chi connectivity index (χ3n) is 4.32. The van der Waals surface area contributed by atoms with Crippen LogP contribution in [0.25, 0.3) is 11.0 Å². The van der Waals surface area contributed by atoms with Gasteiger partial charge in [0.25, 0.3) is 0 Å². The zero-order valence-electron chi connectivity index (χ0n) is 13.6. The van der Waals surface area contributed by atoms with Gasteiger partial charge in [-0.2, -0.15) is 5.26 Å². The number of rotatable bonds is 4. The molecule has 0 spiro atoms. The fraction of sp³-hybridized carbons (Fsp3) is 0.294. The molecule has 0 saturated heterocycles. The van der Waals surface area contributed by atoms with E-state index in [0.717, 1.165) is 29.7 Å². The van der Waals surface area contributed by atoms with E-state index in [2.05, 4.69) is 24.8 Å². The number of aromatic nitrogens is 4. The first kappa shape index (κ1) is 15.3. The predicted octanol–water partition coefficient (Wildman–Crippen LogP) is 2.93. The third kappa shape index (κ3) is 2.63. The summed E-state index contributed by atoms with van der Waals surface area (Å²) in [6.45, 7) is 1.93. The lowest BCUT2D eigenvalue weighted by Gasteiger charge is -2.17. The van der Waals surface area contributed by atoms with E-state index in [9.17, 15) is 9.65 Å². The molecule has 2 heterocycles. The van der Waals surface area contributed by atoms with Crippen molar-refractivity contribution in [1.29, 1.82) is 5.26 Å². The maximum absolute atomic E-state index is 13.7. The second kappa shape index (κ2) is 5.70. The van der Waals surface area contributed by atoms with Crippen molar-refractivity contribution >= 4 is 22.7 Å². The highest BCUT2D eigenvalue weighted by Crippen LogP contribution is 2.40. The van der Waals surface area contributed by atoms with Crippen LogP contribution in [-0.4, -0.2) is 19.5 Å². The molecule has 0 radical (unpaired) electrons. The van der Waals surface area contributed by atoms with Gasteiger partial charge in [0.1, 0.15) is 41.2 Å². The molecule has 2 aromatic heterocycles. The molecule has 126 valence electrons. The van der Waals surface area contributed by atoms with Gasteiger partial charge in [-0.05, 0) is 38.0 Å². The van der Waals surface area contributed by atoms with Gasteiger partial charge in [0.15, 0.2) is 0 Å². The topological polar surface area (TPSA) is 105 Å². The van der Waals surface area contributed by atoms with Gasteiger partial charge in [-0.3, -0.25) is 0 Å². The lowest BCUT2D eigenvalue weighted by Crippen LogP contribution is -2.15. The largest absolute Gasteiger partial charge is 0.382 e.